The molecule has 0 aliphatic carbocycles. The summed E-state index contributed by atoms with van der Waals surface area (Å²) >= 11 is 0. The number of urea groups is 1. The van der Waals surface area contributed by atoms with Crippen molar-refractivity contribution in [2.75, 3.05) is 36.7 Å². The quantitative estimate of drug-likeness (QED) is 0.171. The van der Waals surface area contributed by atoms with Crippen molar-refractivity contribution in [3.63, 3.8) is 0 Å². The first-order valence-corrected chi connectivity index (χ1v) is 14.8. The van der Waals surface area contributed by atoms with Gasteiger partial charge >= 0.3 is 12.0 Å². The van der Waals surface area contributed by atoms with Crippen LogP contribution in [0.2, 0.25) is 0 Å². The van der Waals surface area contributed by atoms with Crippen LogP contribution in [0.15, 0.2) is 85.1 Å². The lowest BCUT2D eigenvalue weighted by molar-refractivity contribution is -0.138. The molecule has 3 aromatic carbocycles. The Morgan fingerprint density at radius 2 is 1.56 bits per heavy atom. The number of methoxy groups -OCH3 is 1. The Kier molecular flexibility index (Phi) is 11.1. The van der Waals surface area contributed by atoms with Crippen molar-refractivity contribution < 1.29 is 33.8 Å². The number of likely N-dealkylation sites (N-methyl/N-ethyl adjacent to an activating group) is 1. The monoisotopic (exact) mass is 652 g/mol. The van der Waals surface area contributed by atoms with E-state index in [9.17, 15) is 29.1 Å². The molecule has 0 spiro atoms. The molecule has 1 atom stereocenters. The lowest BCUT2D eigenvalue weighted by atomic mass is 10.0. The number of ether oxygens (including phenoxy) is 1. The number of carboxylic acid groups (broad SMARTS) is 1. The predicted octanol–water partition coefficient (Wildman–Crippen LogP) is 4.64. The fourth-order valence-corrected chi connectivity index (χ4v) is 4.92. The number of hydrogen-bond acceptors (Lipinski definition) is 7. The number of carboxylic acids is 1. The normalized spacial score (nSPS) is 11.2. The number of para-hydroxylation sites is 1. The van der Waals surface area contributed by atoms with Gasteiger partial charge in [-0.05, 0) is 72.1 Å². The van der Waals surface area contributed by atoms with Crippen LogP contribution in [0.1, 0.15) is 49.9 Å². The molecule has 5 amide bonds. The number of benzene rings is 3. The van der Waals surface area contributed by atoms with E-state index in [1.165, 1.54) is 54.4 Å². The molecule has 0 aliphatic heterocycles. The molecule has 248 valence electrons. The minimum atomic E-state index is -1.12. The van der Waals surface area contributed by atoms with Gasteiger partial charge in [-0.3, -0.25) is 24.1 Å². The molecule has 13 heteroatoms. The number of primary amides is 1. The molecule has 0 bridgehead atoms. The van der Waals surface area contributed by atoms with Crippen molar-refractivity contribution in [2.24, 2.45) is 5.73 Å². The van der Waals surface area contributed by atoms with Gasteiger partial charge in [0, 0.05) is 37.1 Å². The van der Waals surface area contributed by atoms with Crippen LogP contribution in [0.3, 0.4) is 0 Å². The van der Waals surface area contributed by atoms with Gasteiger partial charge in [0.25, 0.3) is 5.91 Å². The first-order chi connectivity index (χ1) is 22.9. The molecule has 48 heavy (non-hydrogen) atoms. The van der Waals surface area contributed by atoms with E-state index in [1.807, 2.05) is 25.1 Å². The van der Waals surface area contributed by atoms with E-state index in [2.05, 4.69) is 15.6 Å². The lowest BCUT2D eigenvalue weighted by Crippen LogP contribution is -2.33. The molecule has 0 saturated carbocycles. The van der Waals surface area contributed by atoms with Crippen molar-refractivity contribution in [3.8, 4) is 5.75 Å². The average molecular weight is 653 g/mol. The minimum Gasteiger partial charge on any atom is -0.495 e. The highest BCUT2D eigenvalue weighted by Crippen LogP contribution is 2.28. The third-order valence-corrected chi connectivity index (χ3v) is 7.71. The number of nitrogens with zero attached hydrogens (tertiary/aromatic N) is 3. The first kappa shape index (κ1) is 34.6. The topological polar surface area (TPSA) is 184 Å². The van der Waals surface area contributed by atoms with E-state index in [-0.39, 0.29) is 23.5 Å². The third kappa shape index (κ3) is 8.51. The van der Waals surface area contributed by atoms with Gasteiger partial charge in [-0.15, -0.1) is 0 Å². The second-order valence-corrected chi connectivity index (χ2v) is 11.0. The summed E-state index contributed by atoms with van der Waals surface area (Å²) in [7, 11) is 4.51. The Balaban J connectivity index is 1.43. The molecular weight excluding hydrogens is 616 g/mol. The van der Waals surface area contributed by atoms with Crippen molar-refractivity contribution in [3.05, 3.63) is 113 Å². The van der Waals surface area contributed by atoms with Gasteiger partial charge < -0.3 is 31.1 Å². The molecule has 1 unspecified atom stereocenters. The van der Waals surface area contributed by atoms with E-state index < -0.39 is 36.3 Å². The molecular formula is C35H36N6O7. The Morgan fingerprint density at radius 3 is 2.17 bits per heavy atom. The first-order valence-electron chi connectivity index (χ1n) is 14.8. The number of aryl methyl sites for hydroxylation is 1. The van der Waals surface area contributed by atoms with Crippen LogP contribution in [0.25, 0.3) is 0 Å². The fourth-order valence-electron chi connectivity index (χ4n) is 4.92. The minimum absolute atomic E-state index is 0.000595. The number of anilines is 3. The fraction of sp³-hybridized carbons (Fsp3) is 0.200. The van der Waals surface area contributed by atoms with Crippen molar-refractivity contribution in [1.29, 1.82) is 0 Å². The second kappa shape index (κ2) is 15.4. The maximum atomic E-state index is 13.2. The Bertz CT molecular complexity index is 1830. The van der Waals surface area contributed by atoms with Crippen molar-refractivity contribution in [1.82, 2.24) is 9.88 Å². The zero-order valence-electron chi connectivity index (χ0n) is 26.9. The number of pyridine rings is 1. The maximum absolute atomic E-state index is 13.2. The number of carbonyl (C=O) groups excluding carboxylic acids is 4. The van der Waals surface area contributed by atoms with Gasteiger partial charge in [0.2, 0.25) is 11.8 Å². The Hall–Kier alpha value is -6.24. The summed E-state index contributed by atoms with van der Waals surface area (Å²) in [6.45, 7) is 1.89. The van der Waals surface area contributed by atoms with E-state index in [0.717, 1.165) is 5.56 Å². The van der Waals surface area contributed by atoms with Crippen molar-refractivity contribution >= 4 is 46.9 Å². The number of rotatable bonds is 12. The number of nitrogens with two attached hydrogens (primary N) is 1. The highest BCUT2D eigenvalue weighted by molar-refractivity contribution is 6.01. The second-order valence-electron chi connectivity index (χ2n) is 11.0. The third-order valence-electron chi connectivity index (χ3n) is 7.71. The van der Waals surface area contributed by atoms with Crippen LogP contribution in [0.4, 0.5) is 22.0 Å². The summed E-state index contributed by atoms with van der Waals surface area (Å²) in [6.07, 6.45) is 1.04. The average Bonchev–Trinajstić information content (AvgIpc) is 3.07. The summed E-state index contributed by atoms with van der Waals surface area (Å²) in [5.74, 6) is -1.82. The highest BCUT2D eigenvalue weighted by atomic mass is 16.5. The summed E-state index contributed by atoms with van der Waals surface area (Å²) < 4.78 is 5.46. The van der Waals surface area contributed by atoms with E-state index in [0.29, 0.717) is 34.1 Å². The van der Waals surface area contributed by atoms with Crippen LogP contribution in [0.5, 0.6) is 5.75 Å². The SMILES string of the molecule is COc1cc(CC(=O)N(C)c2ccc(C(CC(=O)O)N(C)C(=O)c3ccc(C(N)=O)cc3)cn2)ccc1NC(=O)Nc1ccccc1C. The van der Waals surface area contributed by atoms with Gasteiger partial charge in [-0.2, -0.15) is 0 Å². The lowest BCUT2D eigenvalue weighted by Gasteiger charge is -2.28. The van der Waals surface area contributed by atoms with Gasteiger partial charge in [-0.25, -0.2) is 9.78 Å². The Morgan fingerprint density at radius 1 is 0.896 bits per heavy atom. The van der Waals surface area contributed by atoms with Crippen LogP contribution >= 0.6 is 0 Å². The molecule has 0 radical (unpaired) electrons. The number of nitrogens with one attached hydrogen (secondary N) is 2. The zero-order valence-corrected chi connectivity index (χ0v) is 26.9. The van der Waals surface area contributed by atoms with Crippen LogP contribution in [-0.2, 0) is 16.0 Å². The van der Waals surface area contributed by atoms with Crippen molar-refractivity contribution in [2.45, 2.75) is 25.8 Å². The molecule has 1 aromatic heterocycles. The molecule has 13 nitrogen and oxygen atoms in total. The smallest absolute Gasteiger partial charge is 0.323 e. The maximum Gasteiger partial charge on any atom is 0.323 e. The Labute approximate surface area is 277 Å². The molecule has 4 aromatic rings. The molecule has 0 saturated heterocycles. The highest BCUT2D eigenvalue weighted by Gasteiger charge is 2.26. The van der Waals surface area contributed by atoms with Gasteiger partial charge in [-0.1, -0.05) is 30.3 Å². The molecule has 4 rings (SSSR count). The number of aliphatic carboxylic acids is 1. The standard InChI is InChI=1S/C35H36N6O7/c1-21-7-5-6-8-26(21)38-35(47)39-27-15-9-22(17-29(27)48-4)18-31(42)41(3)30-16-14-25(20-37-30)28(19-32(43)44)40(2)34(46)24-12-10-23(11-13-24)33(36)45/h5-17,20,28H,18-19H2,1-4H3,(H2,36,45)(H,43,44)(H2,38,39,47). The number of hydrogen-bond donors (Lipinski definition) is 4. The van der Waals surface area contributed by atoms with Crippen LogP contribution in [-0.4, -0.2) is 65.9 Å². The molecule has 0 fully saturated rings. The van der Waals surface area contributed by atoms with Gasteiger partial charge in [0.15, 0.2) is 0 Å². The van der Waals surface area contributed by atoms with E-state index in [1.54, 1.807) is 43.4 Å². The largest absolute Gasteiger partial charge is 0.495 e. The predicted molar refractivity (Wildman–Crippen MR) is 180 cm³/mol. The molecule has 1 heterocycles. The number of amides is 5. The summed E-state index contributed by atoms with van der Waals surface area (Å²) in [5, 5.41) is 15.1. The van der Waals surface area contributed by atoms with Crippen LogP contribution in [0, 0.1) is 6.92 Å². The van der Waals surface area contributed by atoms with Gasteiger partial charge in [0.05, 0.1) is 31.7 Å². The van der Waals surface area contributed by atoms with Crippen LogP contribution < -0.4 is 26.0 Å². The van der Waals surface area contributed by atoms with E-state index >= 15 is 0 Å². The van der Waals surface area contributed by atoms with E-state index in [4.69, 9.17) is 10.5 Å². The zero-order chi connectivity index (χ0) is 35.0. The summed E-state index contributed by atoms with van der Waals surface area (Å²) in [5.41, 5.74) is 8.85. The molecule has 0 aliphatic rings. The summed E-state index contributed by atoms with van der Waals surface area (Å²) in [4.78, 5) is 69.1. The summed E-state index contributed by atoms with van der Waals surface area (Å²) in [6, 6.07) is 20.0. The number of aromatic nitrogens is 1. The van der Waals surface area contributed by atoms with Gasteiger partial charge in [0.1, 0.15) is 11.6 Å². The molecule has 5 N–H and O–H groups in total. The number of carbonyl (C=O) groups is 5.